The van der Waals surface area contributed by atoms with Crippen LogP contribution in [0.5, 0.6) is 0 Å². The second-order valence-corrected chi connectivity index (χ2v) is 9.08. The Kier molecular flexibility index (Phi) is 10.6. The number of nitrogens with one attached hydrogen (secondary N) is 2. The molecule has 0 aliphatic carbocycles. The molecule has 2 aliphatic rings. The second kappa shape index (κ2) is 13.7. The van der Waals surface area contributed by atoms with Crippen LogP contribution in [-0.2, 0) is 11.3 Å². The van der Waals surface area contributed by atoms with Crippen molar-refractivity contribution in [3.8, 4) is 0 Å². The molecule has 0 aromatic heterocycles. The molecule has 0 atom stereocenters. The van der Waals surface area contributed by atoms with E-state index < -0.39 is 0 Å². The molecule has 7 heteroatoms. The van der Waals surface area contributed by atoms with Crippen LogP contribution in [0.1, 0.15) is 44.6 Å². The van der Waals surface area contributed by atoms with Crippen molar-refractivity contribution in [3.63, 3.8) is 0 Å². The SMILES string of the molecule is CCNC(=NCc1ccc(N2CCC(CO)CC2)cc1)NC1CCN(CCCOC)CC1. The zero-order chi connectivity index (χ0) is 22.6. The fraction of sp³-hybridized carbons (Fsp3) is 0.720. The highest BCUT2D eigenvalue weighted by atomic mass is 16.5. The molecule has 0 saturated carbocycles. The number of rotatable bonds is 10. The maximum absolute atomic E-state index is 9.33. The van der Waals surface area contributed by atoms with Crippen molar-refractivity contribution in [1.29, 1.82) is 0 Å². The predicted octanol–water partition coefficient (Wildman–Crippen LogP) is 2.45. The average Bonchev–Trinajstić information content (AvgIpc) is 2.84. The number of piperidine rings is 2. The fourth-order valence-electron chi connectivity index (χ4n) is 4.60. The van der Waals surface area contributed by atoms with E-state index >= 15 is 0 Å². The molecule has 2 aliphatic heterocycles. The predicted molar refractivity (Wildman–Crippen MR) is 132 cm³/mol. The average molecular weight is 446 g/mol. The monoisotopic (exact) mass is 445 g/mol. The number of hydrogen-bond acceptors (Lipinski definition) is 5. The van der Waals surface area contributed by atoms with Crippen molar-refractivity contribution in [1.82, 2.24) is 15.5 Å². The van der Waals surface area contributed by atoms with Crippen molar-refractivity contribution in [2.75, 3.05) is 64.5 Å². The molecule has 2 heterocycles. The van der Waals surface area contributed by atoms with Gasteiger partial charge in [0.15, 0.2) is 5.96 Å². The third-order valence-corrected chi connectivity index (χ3v) is 6.69. The normalized spacial score (nSPS) is 19.3. The number of aliphatic imine (C=N–C) groups is 1. The maximum Gasteiger partial charge on any atom is 0.191 e. The van der Waals surface area contributed by atoms with Gasteiger partial charge in [0.25, 0.3) is 0 Å². The molecular weight excluding hydrogens is 402 g/mol. The van der Waals surface area contributed by atoms with Crippen molar-refractivity contribution < 1.29 is 9.84 Å². The Morgan fingerprint density at radius 3 is 2.44 bits per heavy atom. The first-order chi connectivity index (χ1) is 15.7. The van der Waals surface area contributed by atoms with Gasteiger partial charge in [-0.25, -0.2) is 4.99 Å². The van der Waals surface area contributed by atoms with Crippen LogP contribution in [0.4, 0.5) is 5.69 Å². The molecule has 0 bridgehead atoms. The smallest absolute Gasteiger partial charge is 0.191 e. The second-order valence-electron chi connectivity index (χ2n) is 9.08. The molecule has 32 heavy (non-hydrogen) atoms. The van der Waals surface area contributed by atoms with Gasteiger partial charge in [-0.3, -0.25) is 0 Å². The zero-order valence-electron chi connectivity index (χ0n) is 20.1. The Balaban J connectivity index is 1.45. The highest BCUT2D eigenvalue weighted by Crippen LogP contribution is 2.23. The number of guanidine groups is 1. The molecule has 7 nitrogen and oxygen atoms in total. The summed E-state index contributed by atoms with van der Waals surface area (Å²) < 4.78 is 5.17. The van der Waals surface area contributed by atoms with Crippen molar-refractivity contribution in [3.05, 3.63) is 29.8 Å². The van der Waals surface area contributed by atoms with Gasteiger partial charge in [-0.2, -0.15) is 0 Å². The molecule has 0 amide bonds. The Morgan fingerprint density at radius 2 is 1.81 bits per heavy atom. The van der Waals surface area contributed by atoms with Crippen LogP contribution < -0.4 is 15.5 Å². The number of anilines is 1. The molecular formula is C25H43N5O2. The van der Waals surface area contributed by atoms with Crippen molar-refractivity contribution in [2.24, 2.45) is 10.9 Å². The van der Waals surface area contributed by atoms with Crippen LogP contribution in [-0.4, -0.2) is 81.6 Å². The summed E-state index contributed by atoms with van der Waals surface area (Å²) >= 11 is 0. The molecule has 3 rings (SSSR count). The first-order valence-corrected chi connectivity index (χ1v) is 12.4. The summed E-state index contributed by atoms with van der Waals surface area (Å²) in [6, 6.07) is 9.29. The molecule has 0 unspecified atom stereocenters. The number of aliphatic hydroxyl groups is 1. The minimum Gasteiger partial charge on any atom is -0.396 e. The summed E-state index contributed by atoms with van der Waals surface area (Å²) in [5.74, 6) is 1.39. The highest BCUT2D eigenvalue weighted by molar-refractivity contribution is 5.80. The summed E-state index contributed by atoms with van der Waals surface area (Å²) in [7, 11) is 1.77. The first-order valence-electron chi connectivity index (χ1n) is 12.4. The van der Waals surface area contributed by atoms with Gasteiger partial charge < -0.3 is 30.3 Å². The van der Waals surface area contributed by atoms with Crippen molar-refractivity contribution in [2.45, 2.75) is 51.6 Å². The number of likely N-dealkylation sites (tertiary alicyclic amines) is 1. The van der Waals surface area contributed by atoms with Crippen LogP contribution in [0.15, 0.2) is 29.3 Å². The van der Waals surface area contributed by atoms with E-state index in [0.29, 0.717) is 25.1 Å². The number of aliphatic hydroxyl groups excluding tert-OH is 1. The third kappa shape index (κ3) is 7.94. The summed E-state index contributed by atoms with van der Waals surface area (Å²) in [6.45, 7) is 10.3. The van der Waals surface area contributed by atoms with Crippen LogP contribution >= 0.6 is 0 Å². The van der Waals surface area contributed by atoms with E-state index in [-0.39, 0.29) is 0 Å². The van der Waals surface area contributed by atoms with Crippen LogP contribution in [0.2, 0.25) is 0 Å². The van der Waals surface area contributed by atoms with Gasteiger partial charge in [-0.15, -0.1) is 0 Å². The van der Waals surface area contributed by atoms with Gasteiger partial charge >= 0.3 is 0 Å². The van der Waals surface area contributed by atoms with E-state index in [9.17, 15) is 5.11 Å². The van der Waals surface area contributed by atoms with Gasteiger partial charge in [-0.1, -0.05) is 12.1 Å². The Morgan fingerprint density at radius 1 is 1.09 bits per heavy atom. The molecule has 2 fully saturated rings. The molecule has 1 aromatic carbocycles. The van der Waals surface area contributed by atoms with Gasteiger partial charge in [0.05, 0.1) is 6.54 Å². The van der Waals surface area contributed by atoms with Gasteiger partial charge in [0.2, 0.25) is 0 Å². The molecule has 0 radical (unpaired) electrons. The number of methoxy groups -OCH3 is 1. The summed E-state index contributed by atoms with van der Waals surface area (Å²) in [5, 5.41) is 16.4. The lowest BCUT2D eigenvalue weighted by atomic mass is 9.97. The number of ether oxygens (including phenoxy) is 1. The highest BCUT2D eigenvalue weighted by Gasteiger charge is 2.20. The maximum atomic E-state index is 9.33. The molecule has 180 valence electrons. The van der Waals surface area contributed by atoms with E-state index in [4.69, 9.17) is 9.73 Å². The van der Waals surface area contributed by atoms with Gasteiger partial charge in [0, 0.05) is 71.3 Å². The van der Waals surface area contributed by atoms with Crippen molar-refractivity contribution >= 4 is 11.6 Å². The number of nitrogens with zero attached hydrogens (tertiary/aromatic N) is 3. The third-order valence-electron chi connectivity index (χ3n) is 6.69. The summed E-state index contributed by atoms with van der Waals surface area (Å²) in [4.78, 5) is 9.80. The van der Waals surface area contributed by atoms with E-state index in [1.165, 1.54) is 11.3 Å². The Labute approximate surface area is 194 Å². The van der Waals surface area contributed by atoms with Gasteiger partial charge in [0.1, 0.15) is 0 Å². The molecule has 2 saturated heterocycles. The fourth-order valence-corrected chi connectivity index (χ4v) is 4.60. The quantitative estimate of drug-likeness (QED) is 0.292. The topological polar surface area (TPSA) is 72.4 Å². The minimum absolute atomic E-state index is 0.320. The lowest BCUT2D eigenvalue weighted by molar-refractivity contribution is 0.155. The van der Waals surface area contributed by atoms with E-state index in [1.807, 2.05) is 0 Å². The Bertz CT molecular complexity index is 665. The molecule has 1 aromatic rings. The largest absolute Gasteiger partial charge is 0.396 e. The van der Waals surface area contributed by atoms with E-state index in [1.54, 1.807) is 7.11 Å². The standard InChI is InChI=1S/C25H43N5O2/c1-3-26-25(28-23-11-14-29(15-12-23)13-4-18-32-2)27-19-21-5-7-24(8-6-21)30-16-9-22(20-31)10-17-30/h5-8,22-23,31H,3-4,9-20H2,1-2H3,(H2,26,27,28). The Hall–Kier alpha value is -1.83. The number of benzene rings is 1. The lowest BCUT2D eigenvalue weighted by Crippen LogP contribution is -2.48. The van der Waals surface area contributed by atoms with Gasteiger partial charge in [-0.05, 0) is 62.6 Å². The van der Waals surface area contributed by atoms with Crippen LogP contribution in [0.3, 0.4) is 0 Å². The van der Waals surface area contributed by atoms with E-state index in [2.05, 4.69) is 51.6 Å². The first kappa shape index (κ1) is 24.8. The molecule has 3 N–H and O–H groups in total. The van der Waals surface area contributed by atoms with Crippen LogP contribution in [0, 0.1) is 5.92 Å². The lowest BCUT2D eigenvalue weighted by Gasteiger charge is -2.33. The summed E-state index contributed by atoms with van der Waals surface area (Å²) in [5.41, 5.74) is 2.50. The van der Waals surface area contributed by atoms with E-state index in [0.717, 1.165) is 83.9 Å². The number of hydrogen-bond donors (Lipinski definition) is 3. The minimum atomic E-state index is 0.320. The summed E-state index contributed by atoms with van der Waals surface area (Å²) in [6.07, 6.45) is 5.56. The molecule has 0 spiro atoms. The van der Waals surface area contributed by atoms with Crippen LogP contribution in [0.25, 0.3) is 0 Å². The zero-order valence-corrected chi connectivity index (χ0v) is 20.1.